The van der Waals surface area contributed by atoms with Crippen LogP contribution in [0.3, 0.4) is 0 Å². The van der Waals surface area contributed by atoms with Gasteiger partial charge >= 0.3 is 0 Å². The lowest BCUT2D eigenvalue weighted by Gasteiger charge is -2.15. The van der Waals surface area contributed by atoms with Crippen molar-refractivity contribution in [1.82, 2.24) is 0 Å². The van der Waals surface area contributed by atoms with Crippen molar-refractivity contribution in [3.8, 4) is 17.6 Å². The van der Waals surface area contributed by atoms with E-state index in [4.69, 9.17) is 21.7 Å². The van der Waals surface area contributed by atoms with Gasteiger partial charge in [0.2, 0.25) is 0 Å². The normalized spacial score (nSPS) is 14.4. The maximum atomic E-state index is 13.7. The number of halogens is 2. The van der Waals surface area contributed by atoms with Crippen LogP contribution in [0.2, 0.25) is 0 Å². The van der Waals surface area contributed by atoms with Crippen molar-refractivity contribution < 1.29 is 18.7 Å². The summed E-state index contributed by atoms with van der Waals surface area (Å²) in [6.07, 6.45) is 1.72. The predicted octanol–water partition coefficient (Wildman–Crippen LogP) is 6.30. The lowest BCUT2D eigenvalue weighted by molar-refractivity contribution is -0.113. The van der Waals surface area contributed by atoms with E-state index in [0.29, 0.717) is 32.0 Å². The largest absolute Gasteiger partial charge is 0.493 e. The minimum atomic E-state index is -0.442. The molecule has 0 aliphatic carbocycles. The molecule has 0 atom stereocenters. The third-order valence-corrected chi connectivity index (χ3v) is 7.02. The van der Waals surface area contributed by atoms with Crippen LogP contribution in [0.25, 0.3) is 6.08 Å². The highest BCUT2D eigenvalue weighted by molar-refractivity contribution is 14.1. The first kappa shape index (κ1) is 24.2. The smallest absolute Gasteiger partial charge is 0.270 e. The Hall–Kier alpha value is -2.94. The van der Waals surface area contributed by atoms with Crippen LogP contribution in [0.1, 0.15) is 16.7 Å². The number of carbonyl (C=O) groups excluding carboxylic acids is 1. The number of thioether (sulfide) groups is 1. The molecule has 170 valence electrons. The number of amides is 1. The number of hydrogen-bond acceptors (Lipinski definition) is 6. The molecule has 1 saturated heterocycles. The maximum Gasteiger partial charge on any atom is 0.270 e. The van der Waals surface area contributed by atoms with Crippen molar-refractivity contribution >= 4 is 68.6 Å². The first-order chi connectivity index (χ1) is 16.4. The predicted molar refractivity (Wildman–Crippen MR) is 143 cm³/mol. The molecule has 1 heterocycles. The molecule has 1 aliphatic rings. The van der Waals surface area contributed by atoms with E-state index < -0.39 is 5.82 Å². The molecule has 9 heteroatoms. The van der Waals surface area contributed by atoms with Crippen LogP contribution in [0.5, 0.6) is 11.5 Å². The average Bonchev–Trinajstić information content (AvgIpc) is 3.10. The Morgan fingerprint density at radius 2 is 2.00 bits per heavy atom. The van der Waals surface area contributed by atoms with E-state index >= 15 is 0 Å². The van der Waals surface area contributed by atoms with Gasteiger partial charge in [-0.25, -0.2) is 4.39 Å². The standard InChI is InChI=1S/C25H16FIN2O3S2/c1-31-21-10-15(9-20(27)23(21)32-14-17-6-3-2-5-16(17)13-28)11-22-24(30)29(25(33)34-22)19-8-4-7-18(26)12-19/h2-12H,14H2,1H3/b22-11-. The van der Waals surface area contributed by atoms with E-state index in [1.165, 1.54) is 30.2 Å². The van der Waals surface area contributed by atoms with Crippen LogP contribution in [0.15, 0.2) is 65.6 Å². The van der Waals surface area contributed by atoms with Gasteiger partial charge in [0.05, 0.1) is 32.9 Å². The van der Waals surface area contributed by atoms with Gasteiger partial charge in [-0.15, -0.1) is 0 Å². The molecule has 1 amide bonds. The molecule has 3 aromatic carbocycles. The average molecular weight is 602 g/mol. The Morgan fingerprint density at radius 1 is 1.21 bits per heavy atom. The number of nitrogens with zero attached hydrogens (tertiary/aromatic N) is 2. The summed E-state index contributed by atoms with van der Waals surface area (Å²) in [5, 5.41) is 9.29. The van der Waals surface area contributed by atoms with Crippen LogP contribution in [0.4, 0.5) is 10.1 Å². The number of thiocarbonyl (C=S) groups is 1. The van der Waals surface area contributed by atoms with E-state index in [1.807, 2.05) is 18.2 Å². The summed E-state index contributed by atoms with van der Waals surface area (Å²) >= 11 is 8.66. The topological polar surface area (TPSA) is 62.6 Å². The summed E-state index contributed by atoms with van der Waals surface area (Å²) in [7, 11) is 1.54. The van der Waals surface area contributed by atoms with Gasteiger partial charge in [0, 0.05) is 5.56 Å². The van der Waals surface area contributed by atoms with E-state index in [-0.39, 0.29) is 12.5 Å². The van der Waals surface area contributed by atoms with Gasteiger partial charge in [-0.05, 0) is 70.6 Å². The van der Waals surface area contributed by atoms with Crippen LogP contribution in [0, 0.1) is 20.7 Å². The lowest BCUT2D eigenvalue weighted by atomic mass is 10.1. The van der Waals surface area contributed by atoms with Gasteiger partial charge in [0.1, 0.15) is 12.4 Å². The molecule has 4 rings (SSSR count). The summed E-state index contributed by atoms with van der Waals surface area (Å²) in [6.45, 7) is 0.210. The van der Waals surface area contributed by atoms with Gasteiger partial charge in [0.25, 0.3) is 5.91 Å². The van der Waals surface area contributed by atoms with Gasteiger partial charge < -0.3 is 9.47 Å². The minimum Gasteiger partial charge on any atom is -0.493 e. The number of hydrogen-bond donors (Lipinski definition) is 0. The molecule has 0 aromatic heterocycles. The summed E-state index contributed by atoms with van der Waals surface area (Å²) in [5.41, 5.74) is 2.44. The molecular formula is C25H16FIN2O3S2. The Kier molecular flexibility index (Phi) is 7.50. The van der Waals surface area contributed by atoms with Crippen LogP contribution >= 0.6 is 46.6 Å². The van der Waals surface area contributed by atoms with Crippen molar-refractivity contribution in [3.05, 3.63) is 91.6 Å². The van der Waals surface area contributed by atoms with E-state index in [2.05, 4.69) is 28.7 Å². The molecule has 0 saturated carbocycles. The van der Waals surface area contributed by atoms with E-state index in [0.717, 1.165) is 26.5 Å². The quantitative estimate of drug-likeness (QED) is 0.188. The van der Waals surface area contributed by atoms with Crippen LogP contribution in [-0.2, 0) is 11.4 Å². The Labute approximate surface area is 219 Å². The van der Waals surface area contributed by atoms with Crippen LogP contribution < -0.4 is 14.4 Å². The summed E-state index contributed by atoms with van der Waals surface area (Å²) in [4.78, 5) is 14.7. The second kappa shape index (κ2) is 10.5. The maximum absolute atomic E-state index is 13.7. The van der Waals surface area contributed by atoms with E-state index in [9.17, 15) is 14.4 Å². The molecule has 5 nitrogen and oxygen atoms in total. The molecule has 0 bridgehead atoms. The van der Waals surface area contributed by atoms with Gasteiger partial charge in [-0.3, -0.25) is 9.69 Å². The fraction of sp³-hybridized carbons (Fsp3) is 0.0800. The third-order valence-electron chi connectivity index (χ3n) is 4.92. The number of methoxy groups -OCH3 is 1. The van der Waals surface area contributed by atoms with Crippen molar-refractivity contribution in [2.75, 3.05) is 12.0 Å². The second-order valence-electron chi connectivity index (χ2n) is 7.09. The molecule has 3 aromatic rings. The fourth-order valence-electron chi connectivity index (χ4n) is 3.33. The second-order valence-corrected chi connectivity index (χ2v) is 9.93. The van der Waals surface area contributed by atoms with Crippen molar-refractivity contribution in [2.45, 2.75) is 6.61 Å². The van der Waals surface area contributed by atoms with Crippen molar-refractivity contribution in [2.24, 2.45) is 0 Å². The number of nitriles is 1. The van der Waals surface area contributed by atoms with Crippen molar-refractivity contribution in [1.29, 1.82) is 5.26 Å². The number of rotatable bonds is 6. The molecule has 0 radical (unpaired) electrons. The van der Waals surface area contributed by atoms with Crippen molar-refractivity contribution in [3.63, 3.8) is 0 Å². The molecule has 0 N–H and O–H groups in total. The summed E-state index contributed by atoms with van der Waals surface area (Å²) < 4.78 is 26.3. The van der Waals surface area contributed by atoms with Gasteiger partial charge in [-0.1, -0.05) is 48.2 Å². The molecular weight excluding hydrogens is 586 g/mol. The monoisotopic (exact) mass is 602 g/mol. The SMILES string of the molecule is COc1cc(/C=C2\SC(=S)N(c3cccc(F)c3)C2=O)cc(I)c1OCc1ccccc1C#N. The number of ether oxygens (including phenoxy) is 2. The molecule has 34 heavy (non-hydrogen) atoms. The van der Waals surface area contributed by atoms with Crippen LogP contribution in [-0.4, -0.2) is 17.3 Å². The summed E-state index contributed by atoms with van der Waals surface area (Å²) in [5.74, 6) is 0.277. The highest BCUT2D eigenvalue weighted by atomic mass is 127. The zero-order valence-electron chi connectivity index (χ0n) is 17.7. The molecule has 0 spiro atoms. The van der Waals surface area contributed by atoms with Gasteiger partial charge in [-0.2, -0.15) is 5.26 Å². The first-order valence-corrected chi connectivity index (χ1v) is 12.2. The highest BCUT2D eigenvalue weighted by Crippen LogP contribution is 2.39. The zero-order chi connectivity index (χ0) is 24.2. The first-order valence-electron chi connectivity index (χ1n) is 9.93. The van der Waals surface area contributed by atoms with Gasteiger partial charge in [0.15, 0.2) is 15.8 Å². The number of carbonyl (C=O) groups is 1. The lowest BCUT2D eigenvalue weighted by Crippen LogP contribution is -2.27. The number of anilines is 1. The highest BCUT2D eigenvalue weighted by Gasteiger charge is 2.33. The summed E-state index contributed by atoms with van der Waals surface area (Å²) in [6, 6.07) is 18.8. The minimum absolute atomic E-state index is 0.210. The molecule has 1 fully saturated rings. The Bertz CT molecular complexity index is 1370. The Balaban J connectivity index is 1.60. The molecule has 0 unspecified atom stereocenters. The van der Waals surface area contributed by atoms with E-state index in [1.54, 1.807) is 30.3 Å². The third kappa shape index (κ3) is 5.09. The number of benzene rings is 3. The fourth-order valence-corrected chi connectivity index (χ4v) is 5.41. The molecule has 1 aliphatic heterocycles. The zero-order valence-corrected chi connectivity index (χ0v) is 21.5. The Morgan fingerprint density at radius 3 is 2.74 bits per heavy atom.